The van der Waals surface area contributed by atoms with E-state index in [4.69, 9.17) is 0 Å². The highest BCUT2D eigenvalue weighted by Crippen LogP contribution is 2.39. The number of nitrogens with zero attached hydrogens (tertiary/aromatic N) is 6. The molecule has 1 atom stereocenters. The van der Waals surface area contributed by atoms with Crippen LogP contribution in [0.1, 0.15) is 11.3 Å². The van der Waals surface area contributed by atoms with Gasteiger partial charge < -0.3 is 9.88 Å². The van der Waals surface area contributed by atoms with Gasteiger partial charge in [0.2, 0.25) is 0 Å². The van der Waals surface area contributed by atoms with E-state index in [0.717, 1.165) is 23.0 Å². The molecule has 35 heavy (non-hydrogen) atoms. The molecule has 1 aliphatic rings. The van der Waals surface area contributed by atoms with Crippen LogP contribution in [0.15, 0.2) is 46.5 Å². The highest BCUT2D eigenvalue weighted by Gasteiger charge is 2.48. The minimum Gasteiger partial charge on any atom is -0.362 e. The van der Waals surface area contributed by atoms with E-state index in [-0.39, 0.29) is 41.3 Å². The molecule has 0 saturated carbocycles. The number of pyridine rings is 1. The van der Waals surface area contributed by atoms with Crippen LogP contribution >= 0.6 is 0 Å². The van der Waals surface area contributed by atoms with Gasteiger partial charge in [0.25, 0.3) is 11.5 Å². The van der Waals surface area contributed by atoms with Gasteiger partial charge in [0.05, 0.1) is 23.4 Å². The maximum absolute atomic E-state index is 15.0. The Hall–Kier alpha value is -4.17. The number of anilines is 1. The van der Waals surface area contributed by atoms with E-state index in [2.05, 4.69) is 30.1 Å². The van der Waals surface area contributed by atoms with Crippen molar-refractivity contribution < 1.29 is 22.0 Å². The molecule has 0 spiro atoms. The van der Waals surface area contributed by atoms with Gasteiger partial charge in [0.15, 0.2) is 5.65 Å². The maximum Gasteiger partial charge on any atom is 0.417 e. The number of aromatic nitrogens is 7. The summed E-state index contributed by atoms with van der Waals surface area (Å²) in [6.07, 6.45) is -1.88. The first-order valence-corrected chi connectivity index (χ1v) is 10.2. The van der Waals surface area contributed by atoms with Crippen LogP contribution in [-0.4, -0.2) is 53.8 Å². The molecular weight excluding hydrogens is 479 g/mol. The average Bonchev–Trinajstić information content (AvgIpc) is 3.37. The van der Waals surface area contributed by atoms with Crippen molar-refractivity contribution in [1.82, 2.24) is 34.8 Å². The molecule has 0 bridgehead atoms. The van der Waals surface area contributed by atoms with Gasteiger partial charge in [0, 0.05) is 30.6 Å². The van der Waals surface area contributed by atoms with E-state index >= 15 is 0 Å². The summed E-state index contributed by atoms with van der Waals surface area (Å²) < 4.78 is 69.3. The van der Waals surface area contributed by atoms with Crippen LogP contribution in [0, 0.1) is 5.92 Å². The number of aromatic amines is 2. The zero-order valence-corrected chi connectivity index (χ0v) is 17.6. The number of halogens is 5. The van der Waals surface area contributed by atoms with Crippen LogP contribution in [0.3, 0.4) is 0 Å². The number of H-pyrrole nitrogens is 2. The van der Waals surface area contributed by atoms with Crippen LogP contribution < -0.4 is 16.1 Å². The Morgan fingerprint density at radius 1 is 1.17 bits per heavy atom. The van der Waals surface area contributed by atoms with Crippen LogP contribution in [-0.2, 0) is 12.6 Å². The largest absolute Gasteiger partial charge is 0.417 e. The van der Waals surface area contributed by atoms with Gasteiger partial charge in [-0.1, -0.05) is 0 Å². The monoisotopic (exact) mass is 494 g/mol. The van der Waals surface area contributed by atoms with Crippen LogP contribution in [0.2, 0.25) is 0 Å². The molecule has 4 aromatic rings. The van der Waals surface area contributed by atoms with Crippen molar-refractivity contribution in [2.45, 2.75) is 18.5 Å². The average molecular weight is 494 g/mol. The third kappa shape index (κ3) is 4.24. The number of alkyl halides is 5. The third-order valence-electron chi connectivity index (χ3n) is 5.72. The second kappa shape index (κ2) is 7.95. The van der Waals surface area contributed by atoms with Crippen LogP contribution in [0.5, 0.6) is 0 Å². The zero-order chi connectivity index (χ0) is 25.0. The van der Waals surface area contributed by atoms with Crippen molar-refractivity contribution in [1.29, 1.82) is 0 Å². The molecule has 182 valence electrons. The lowest BCUT2D eigenvalue weighted by atomic mass is 9.98. The summed E-state index contributed by atoms with van der Waals surface area (Å²) in [7, 11) is 0. The molecule has 10 nitrogen and oxygen atoms in total. The van der Waals surface area contributed by atoms with E-state index < -0.39 is 41.4 Å². The first-order valence-electron chi connectivity index (χ1n) is 10.2. The molecule has 1 unspecified atom stereocenters. The lowest BCUT2D eigenvalue weighted by Gasteiger charge is -2.19. The smallest absolute Gasteiger partial charge is 0.362 e. The molecule has 2 N–H and O–H groups in total. The van der Waals surface area contributed by atoms with E-state index in [1.807, 2.05) is 0 Å². The maximum atomic E-state index is 15.0. The van der Waals surface area contributed by atoms with Crippen molar-refractivity contribution in [2.24, 2.45) is 5.92 Å². The number of fused-ring (bicyclic) bond motifs is 1. The quantitative estimate of drug-likeness (QED) is 0.415. The summed E-state index contributed by atoms with van der Waals surface area (Å²) >= 11 is 0. The van der Waals surface area contributed by atoms with E-state index in [0.29, 0.717) is 6.20 Å². The Labute approximate surface area is 191 Å². The second-order valence-corrected chi connectivity index (χ2v) is 8.05. The molecule has 4 aromatic heterocycles. The Kier molecular flexibility index (Phi) is 5.14. The molecule has 15 heteroatoms. The Balaban J connectivity index is 1.47. The van der Waals surface area contributed by atoms with Gasteiger partial charge in [-0.2, -0.15) is 13.2 Å². The molecule has 0 radical (unpaired) electrons. The van der Waals surface area contributed by atoms with Gasteiger partial charge in [0.1, 0.15) is 12.0 Å². The van der Waals surface area contributed by atoms with Crippen molar-refractivity contribution in [3.05, 3.63) is 69.0 Å². The molecular formula is C20H15F5N8O2. The molecule has 1 aliphatic heterocycles. The highest BCUT2D eigenvalue weighted by molar-refractivity contribution is 5.74. The van der Waals surface area contributed by atoms with Crippen LogP contribution in [0.25, 0.3) is 16.9 Å². The lowest BCUT2D eigenvalue weighted by Crippen LogP contribution is -2.29. The number of rotatable bonds is 4. The van der Waals surface area contributed by atoms with E-state index in [9.17, 15) is 31.5 Å². The standard InChI is InChI=1S/C20H15F5N8O2/c21-19(22)8-32(7-11(19)3-12-2-1-10(5-26-12)20(23,24)25)15-4-14(31-33-16(15)28-9-29-33)13-6-27-18(35)30-17(13)34/h1-2,4-6,9,11H,3,7-8H2,(H2,27,30,34,35). The van der Waals surface area contributed by atoms with Gasteiger partial charge >= 0.3 is 11.9 Å². The predicted molar refractivity (Wildman–Crippen MR) is 111 cm³/mol. The Morgan fingerprint density at radius 2 is 1.97 bits per heavy atom. The van der Waals surface area contributed by atoms with Crippen molar-refractivity contribution in [3.8, 4) is 11.3 Å². The molecule has 0 aliphatic carbocycles. The summed E-state index contributed by atoms with van der Waals surface area (Å²) in [4.78, 5) is 37.1. The van der Waals surface area contributed by atoms with Gasteiger partial charge in [-0.3, -0.25) is 14.8 Å². The minimum absolute atomic E-state index is 0.0142. The Morgan fingerprint density at radius 3 is 2.66 bits per heavy atom. The molecule has 1 saturated heterocycles. The van der Waals surface area contributed by atoms with Gasteiger partial charge in [-0.15, -0.1) is 14.8 Å². The summed E-state index contributed by atoms with van der Waals surface area (Å²) in [6.45, 7) is -0.865. The van der Waals surface area contributed by atoms with E-state index in [1.54, 1.807) is 0 Å². The molecule has 5 heterocycles. The molecule has 0 amide bonds. The molecule has 5 rings (SSSR count). The summed E-state index contributed by atoms with van der Waals surface area (Å²) in [5, 5.41) is 8.09. The summed E-state index contributed by atoms with van der Waals surface area (Å²) in [6, 6.07) is 3.29. The number of hydrogen-bond donors (Lipinski definition) is 2. The highest BCUT2D eigenvalue weighted by atomic mass is 19.4. The third-order valence-corrected chi connectivity index (χ3v) is 5.72. The fourth-order valence-corrected chi connectivity index (χ4v) is 3.98. The van der Waals surface area contributed by atoms with E-state index in [1.165, 1.54) is 17.3 Å². The number of hydrogen-bond acceptors (Lipinski definition) is 7. The SMILES string of the molecule is O=c1[nH]cc(-c2cc(N3CC(Cc4ccc(C(F)(F)F)cn4)C(F)(F)C3)c3ncnn3n2)c(=O)[nH]1. The topological polar surface area (TPSA) is 125 Å². The Bertz CT molecular complexity index is 1510. The zero-order valence-electron chi connectivity index (χ0n) is 17.6. The van der Waals surface area contributed by atoms with Gasteiger partial charge in [-0.25, -0.2) is 18.6 Å². The van der Waals surface area contributed by atoms with Crippen molar-refractivity contribution in [2.75, 3.05) is 18.0 Å². The first kappa shape index (κ1) is 22.6. The molecule has 0 aromatic carbocycles. The van der Waals surface area contributed by atoms with Crippen molar-refractivity contribution >= 4 is 11.3 Å². The second-order valence-electron chi connectivity index (χ2n) is 8.05. The number of nitrogens with one attached hydrogen (secondary N) is 2. The lowest BCUT2D eigenvalue weighted by molar-refractivity contribution is -0.137. The van der Waals surface area contributed by atoms with Crippen molar-refractivity contribution in [3.63, 3.8) is 0 Å². The minimum atomic E-state index is -4.57. The van der Waals surface area contributed by atoms with Crippen LogP contribution in [0.4, 0.5) is 27.6 Å². The molecule has 1 fully saturated rings. The fraction of sp³-hybridized carbons (Fsp3) is 0.300. The fourth-order valence-electron chi connectivity index (χ4n) is 3.98. The summed E-state index contributed by atoms with van der Waals surface area (Å²) in [5.41, 5.74) is -1.88. The van der Waals surface area contributed by atoms with Gasteiger partial charge in [-0.05, 0) is 24.6 Å². The predicted octanol–water partition coefficient (Wildman–Crippen LogP) is 1.90. The first-order chi connectivity index (χ1) is 16.5. The summed E-state index contributed by atoms with van der Waals surface area (Å²) in [5.74, 6) is -4.44. The normalized spacial score (nSPS) is 17.9.